The number of aromatic nitrogens is 1. The molecule has 3 rings (SSSR count). The van der Waals surface area contributed by atoms with Crippen LogP contribution in [-0.2, 0) is 4.79 Å². The van der Waals surface area contributed by atoms with E-state index in [1.807, 2.05) is 53.7 Å². The maximum Gasteiger partial charge on any atom is 0.275 e. The molecule has 0 saturated carbocycles. The first-order chi connectivity index (χ1) is 14.1. The number of thiazole rings is 1. The van der Waals surface area contributed by atoms with E-state index in [-0.39, 0.29) is 5.91 Å². The van der Waals surface area contributed by atoms with E-state index in [4.69, 9.17) is 5.73 Å². The van der Waals surface area contributed by atoms with Gasteiger partial charge in [-0.1, -0.05) is 18.2 Å². The van der Waals surface area contributed by atoms with E-state index in [0.29, 0.717) is 37.6 Å². The molecule has 0 fully saturated rings. The molecule has 0 aliphatic rings. The molecule has 0 aliphatic heterocycles. The molecule has 9 heteroatoms. The molecule has 2 heterocycles. The number of nitrogens with one attached hydrogen (secondary N) is 1. The number of amides is 2. The molecule has 0 aliphatic carbocycles. The summed E-state index contributed by atoms with van der Waals surface area (Å²) in [6.07, 6.45) is 0.807. The highest BCUT2D eigenvalue weighted by molar-refractivity contribution is 7.20. The van der Waals surface area contributed by atoms with Crippen molar-refractivity contribution in [2.45, 2.75) is 0 Å². The van der Waals surface area contributed by atoms with Gasteiger partial charge in [-0.15, -0.1) is 22.7 Å². The molecule has 0 atom stereocenters. The molecule has 3 N–H and O–H groups in total. The predicted molar refractivity (Wildman–Crippen MR) is 120 cm³/mol. The molecule has 1 aromatic carbocycles. The molecule has 0 bridgehead atoms. The minimum absolute atomic E-state index is 0.248. The molecule has 29 heavy (non-hydrogen) atoms. The number of anilines is 2. The number of hydrogen-bond donors (Lipinski definition) is 2. The molecule has 0 unspecified atom stereocenters. The Morgan fingerprint density at radius 1 is 1.17 bits per heavy atom. The Morgan fingerprint density at radius 2 is 2.00 bits per heavy atom. The average molecular weight is 430 g/mol. The first kappa shape index (κ1) is 21.0. The smallest absolute Gasteiger partial charge is 0.275 e. The lowest BCUT2D eigenvalue weighted by molar-refractivity contribution is -0.117. The Balaban J connectivity index is 1.68. The zero-order chi connectivity index (χ0) is 20.6. The van der Waals surface area contributed by atoms with E-state index >= 15 is 0 Å². The van der Waals surface area contributed by atoms with Crippen molar-refractivity contribution in [3.63, 3.8) is 0 Å². The molecule has 7 nitrogen and oxygen atoms in total. The number of likely N-dealkylation sites (N-methyl/N-ethyl adjacent to an activating group) is 1. The number of thiophene rings is 1. The maximum atomic E-state index is 12.7. The Bertz CT molecular complexity index is 942. The van der Waals surface area contributed by atoms with Crippen molar-refractivity contribution in [3.8, 4) is 9.88 Å². The highest BCUT2D eigenvalue weighted by Crippen LogP contribution is 2.29. The Labute approximate surface area is 177 Å². The van der Waals surface area contributed by atoms with Crippen LogP contribution < -0.4 is 16.0 Å². The van der Waals surface area contributed by atoms with E-state index in [0.717, 1.165) is 22.0 Å². The van der Waals surface area contributed by atoms with E-state index in [9.17, 15) is 9.59 Å². The quantitative estimate of drug-likeness (QED) is 0.484. The van der Waals surface area contributed by atoms with Crippen LogP contribution in [0.3, 0.4) is 0 Å². The van der Waals surface area contributed by atoms with Crippen molar-refractivity contribution in [1.82, 2.24) is 9.88 Å². The first-order valence-electron chi connectivity index (χ1n) is 9.12. The van der Waals surface area contributed by atoms with Crippen LogP contribution in [-0.4, -0.2) is 55.4 Å². The largest absolute Gasteiger partial charge is 0.371 e. The van der Waals surface area contributed by atoms with E-state index in [1.54, 1.807) is 21.6 Å². The van der Waals surface area contributed by atoms with Gasteiger partial charge in [0.15, 0.2) is 0 Å². The summed E-state index contributed by atoms with van der Waals surface area (Å²) in [7, 11) is 1.92. The molecule has 152 valence electrons. The van der Waals surface area contributed by atoms with Gasteiger partial charge in [0.2, 0.25) is 6.41 Å². The van der Waals surface area contributed by atoms with Crippen LogP contribution in [0.2, 0.25) is 0 Å². The molecular weight excluding hydrogens is 406 g/mol. The second-order valence-corrected chi connectivity index (χ2v) is 8.14. The van der Waals surface area contributed by atoms with E-state index < -0.39 is 0 Å². The molecule has 0 spiro atoms. The van der Waals surface area contributed by atoms with Gasteiger partial charge in [0, 0.05) is 38.6 Å². The third-order valence-corrected chi connectivity index (χ3v) is 6.20. The number of hydrogen-bond acceptors (Lipinski definition) is 7. The summed E-state index contributed by atoms with van der Waals surface area (Å²) in [5, 5.41) is 7.55. The van der Waals surface area contributed by atoms with Crippen molar-refractivity contribution < 1.29 is 9.59 Å². The van der Waals surface area contributed by atoms with Crippen LogP contribution in [0.4, 0.5) is 11.4 Å². The fourth-order valence-electron chi connectivity index (χ4n) is 2.77. The molecule has 2 aromatic heterocycles. The SMILES string of the molecule is CN(CCN(C=O)CCN)c1ccccc1NC(=O)c1csc(-c2cccs2)n1. The molecule has 2 amide bonds. The Morgan fingerprint density at radius 3 is 2.72 bits per heavy atom. The first-order valence-corrected chi connectivity index (χ1v) is 10.9. The summed E-state index contributed by atoms with van der Waals surface area (Å²) in [5.41, 5.74) is 7.48. The highest BCUT2D eigenvalue weighted by Gasteiger charge is 2.15. The number of nitrogens with two attached hydrogens (primary N) is 1. The normalized spacial score (nSPS) is 10.6. The highest BCUT2D eigenvalue weighted by atomic mass is 32.1. The number of para-hydroxylation sites is 2. The second kappa shape index (κ2) is 10.1. The fraction of sp³-hybridized carbons (Fsp3) is 0.250. The van der Waals surface area contributed by atoms with E-state index in [1.165, 1.54) is 11.3 Å². The van der Waals surface area contributed by atoms with Crippen LogP contribution in [0.15, 0.2) is 47.2 Å². The summed E-state index contributed by atoms with van der Waals surface area (Å²) in [4.78, 5) is 33.0. The minimum Gasteiger partial charge on any atom is -0.371 e. The van der Waals surface area contributed by atoms with Crippen LogP contribution in [0.25, 0.3) is 9.88 Å². The van der Waals surface area contributed by atoms with Crippen LogP contribution >= 0.6 is 22.7 Å². The van der Waals surface area contributed by atoms with Crippen LogP contribution in [0, 0.1) is 0 Å². The van der Waals surface area contributed by atoms with Gasteiger partial charge < -0.3 is 20.9 Å². The number of nitrogens with zero attached hydrogens (tertiary/aromatic N) is 3. The van der Waals surface area contributed by atoms with Gasteiger partial charge in [0.1, 0.15) is 10.7 Å². The van der Waals surface area contributed by atoms with Gasteiger partial charge in [-0.2, -0.15) is 0 Å². The summed E-state index contributed by atoms with van der Waals surface area (Å²) >= 11 is 3.05. The summed E-state index contributed by atoms with van der Waals surface area (Å²) < 4.78 is 0. The van der Waals surface area contributed by atoms with Gasteiger partial charge in [0.25, 0.3) is 5.91 Å². The number of benzene rings is 1. The predicted octanol–water partition coefficient (Wildman–Crippen LogP) is 2.98. The Hall–Kier alpha value is -2.75. The third kappa shape index (κ3) is 5.41. The van der Waals surface area contributed by atoms with Gasteiger partial charge >= 0.3 is 0 Å². The summed E-state index contributed by atoms with van der Waals surface area (Å²) in [6, 6.07) is 11.5. The standard InChI is InChI=1S/C20H23N5O2S2/c1-24(10-11-25(14-26)9-8-21)17-6-3-2-5-15(17)22-19(27)16-13-29-20(23-16)18-7-4-12-28-18/h2-7,12-14H,8-11,21H2,1H3,(H,22,27). The molecule has 3 aromatic rings. The van der Waals surface area contributed by atoms with Crippen molar-refractivity contribution in [2.24, 2.45) is 5.73 Å². The van der Waals surface area contributed by atoms with Gasteiger partial charge in [0.05, 0.1) is 16.3 Å². The van der Waals surface area contributed by atoms with Crippen LogP contribution in [0.5, 0.6) is 0 Å². The van der Waals surface area contributed by atoms with Crippen molar-refractivity contribution in [3.05, 3.63) is 52.9 Å². The fourth-order valence-corrected chi connectivity index (χ4v) is 4.39. The van der Waals surface area contributed by atoms with E-state index in [2.05, 4.69) is 10.3 Å². The topological polar surface area (TPSA) is 91.6 Å². The Kier molecular flexibility index (Phi) is 7.34. The number of carbonyl (C=O) groups is 2. The number of rotatable bonds is 10. The maximum absolute atomic E-state index is 12.7. The van der Waals surface area contributed by atoms with Crippen molar-refractivity contribution in [1.29, 1.82) is 0 Å². The van der Waals surface area contributed by atoms with Crippen LogP contribution in [0.1, 0.15) is 10.5 Å². The zero-order valence-electron chi connectivity index (χ0n) is 16.1. The zero-order valence-corrected chi connectivity index (χ0v) is 17.7. The molecule has 0 radical (unpaired) electrons. The number of carbonyl (C=O) groups excluding carboxylic acids is 2. The van der Waals surface area contributed by atoms with Crippen molar-refractivity contribution in [2.75, 3.05) is 43.4 Å². The lowest BCUT2D eigenvalue weighted by Gasteiger charge is -2.25. The lowest BCUT2D eigenvalue weighted by Crippen LogP contribution is -2.35. The summed E-state index contributed by atoms with van der Waals surface area (Å²) in [5.74, 6) is -0.248. The van der Waals surface area contributed by atoms with Crippen molar-refractivity contribution >= 4 is 46.4 Å². The minimum atomic E-state index is -0.248. The van der Waals surface area contributed by atoms with Gasteiger partial charge in [-0.3, -0.25) is 9.59 Å². The molecule has 0 saturated heterocycles. The second-order valence-electron chi connectivity index (χ2n) is 6.34. The average Bonchev–Trinajstić information content (AvgIpc) is 3.43. The van der Waals surface area contributed by atoms with Gasteiger partial charge in [-0.25, -0.2) is 4.98 Å². The summed E-state index contributed by atoms with van der Waals surface area (Å²) in [6.45, 7) is 2.11. The lowest BCUT2D eigenvalue weighted by atomic mass is 10.2. The molecular formula is C20H23N5O2S2. The monoisotopic (exact) mass is 429 g/mol. The van der Waals surface area contributed by atoms with Gasteiger partial charge in [-0.05, 0) is 23.6 Å². The third-order valence-electron chi connectivity index (χ3n) is 4.32.